The summed E-state index contributed by atoms with van der Waals surface area (Å²) in [7, 11) is 0. The van der Waals surface area contributed by atoms with E-state index in [0.29, 0.717) is 12.3 Å². The number of hydrogen-bond acceptors (Lipinski definition) is 5. The fraction of sp³-hybridized carbons (Fsp3) is 0.727. The average Bonchev–Trinajstić information content (AvgIpc) is 2.23. The monoisotopic (exact) mass is 292 g/mol. The van der Waals surface area contributed by atoms with Crippen LogP contribution in [0.2, 0.25) is 0 Å². The maximum absolute atomic E-state index is 11.2. The number of nitrogens with one attached hydrogen (secondary N) is 2. The van der Waals surface area contributed by atoms with E-state index >= 15 is 0 Å². The minimum Gasteiger partial charge on any atom is -0.480 e. The number of aliphatic carboxylic acids is 1. The second-order valence-corrected chi connectivity index (χ2v) is 5.76. The van der Waals surface area contributed by atoms with E-state index in [4.69, 9.17) is 9.84 Å². The highest BCUT2D eigenvalue weighted by Crippen LogP contribution is 2.06. The predicted octanol–water partition coefficient (Wildman–Crippen LogP) is 0.445. The van der Waals surface area contributed by atoms with Crippen LogP contribution < -0.4 is 10.6 Å². The first-order valence-corrected chi connectivity index (χ1v) is 6.89. The number of carbonyl (C=O) groups excluding carboxylic acids is 2. The zero-order valence-electron chi connectivity index (χ0n) is 11.3. The van der Waals surface area contributed by atoms with E-state index in [0.717, 1.165) is 0 Å². The number of rotatable bonds is 7. The Kier molecular flexibility index (Phi) is 7.97. The highest BCUT2D eigenvalue weighted by molar-refractivity contribution is 7.99. The van der Waals surface area contributed by atoms with Crippen molar-refractivity contribution in [2.75, 3.05) is 24.6 Å². The van der Waals surface area contributed by atoms with Gasteiger partial charge in [-0.2, -0.15) is 11.8 Å². The summed E-state index contributed by atoms with van der Waals surface area (Å²) in [6.07, 6.45) is -0.497. The fourth-order valence-electron chi connectivity index (χ4n) is 0.930. The molecule has 0 aliphatic carbocycles. The SMILES string of the molecule is CC(C)(C)OC(=O)NCCSCC(=O)NCC(=O)O. The average molecular weight is 292 g/mol. The van der Waals surface area contributed by atoms with Gasteiger partial charge in [0.1, 0.15) is 12.1 Å². The number of thioether (sulfide) groups is 1. The van der Waals surface area contributed by atoms with Crippen molar-refractivity contribution in [2.24, 2.45) is 0 Å². The summed E-state index contributed by atoms with van der Waals surface area (Å²) in [6.45, 7) is 5.32. The molecule has 0 radical (unpaired) electrons. The highest BCUT2D eigenvalue weighted by Gasteiger charge is 2.15. The molecule has 0 unspecified atom stereocenters. The molecular weight excluding hydrogens is 272 g/mol. The number of carboxylic acids is 1. The summed E-state index contributed by atoms with van der Waals surface area (Å²) >= 11 is 1.30. The number of carboxylic acid groups (broad SMARTS) is 1. The smallest absolute Gasteiger partial charge is 0.407 e. The molecule has 2 amide bonds. The molecule has 0 aliphatic rings. The molecule has 0 atom stereocenters. The van der Waals surface area contributed by atoms with E-state index in [-0.39, 0.29) is 18.2 Å². The molecule has 8 heteroatoms. The van der Waals surface area contributed by atoms with E-state index in [1.807, 2.05) is 0 Å². The number of ether oxygens (including phenoxy) is 1. The Labute approximate surface area is 116 Å². The van der Waals surface area contributed by atoms with Crippen molar-refractivity contribution in [3.05, 3.63) is 0 Å². The number of amides is 2. The van der Waals surface area contributed by atoms with E-state index in [1.54, 1.807) is 20.8 Å². The third-order valence-electron chi connectivity index (χ3n) is 1.58. The maximum atomic E-state index is 11.2. The summed E-state index contributed by atoms with van der Waals surface area (Å²) in [6, 6.07) is 0. The van der Waals surface area contributed by atoms with Crippen LogP contribution in [0.1, 0.15) is 20.8 Å². The zero-order valence-corrected chi connectivity index (χ0v) is 12.1. The van der Waals surface area contributed by atoms with Crippen LogP contribution >= 0.6 is 11.8 Å². The van der Waals surface area contributed by atoms with Gasteiger partial charge in [-0.3, -0.25) is 9.59 Å². The zero-order chi connectivity index (χ0) is 14.9. The van der Waals surface area contributed by atoms with Gasteiger partial charge in [-0.05, 0) is 20.8 Å². The Morgan fingerprint density at radius 2 is 1.84 bits per heavy atom. The number of hydrogen-bond donors (Lipinski definition) is 3. The maximum Gasteiger partial charge on any atom is 0.407 e. The summed E-state index contributed by atoms with van der Waals surface area (Å²) in [4.78, 5) is 32.6. The van der Waals surface area contributed by atoms with Crippen LogP contribution in [0.4, 0.5) is 4.79 Å². The topological polar surface area (TPSA) is 105 Å². The van der Waals surface area contributed by atoms with Gasteiger partial charge >= 0.3 is 12.1 Å². The minimum absolute atomic E-state index is 0.156. The second kappa shape index (κ2) is 8.63. The van der Waals surface area contributed by atoms with Gasteiger partial charge in [0.2, 0.25) is 5.91 Å². The Morgan fingerprint density at radius 1 is 1.21 bits per heavy atom. The highest BCUT2D eigenvalue weighted by atomic mass is 32.2. The van der Waals surface area contributed by atoms with Crippen LogP contribution in [0.25, 0.3) is 0 Å². The lowest BCUT2D eigenvalue weighted by molar-refractivity contribution is -0.137. The molecule has 0 fully saturated rings. The van der Waals surface area contributed by atoms with E-state index in [1.165, 1.54) is 11.8 Å². The van der Waals surface area contributed by atoms with Gasteiger partial charge in [0.05, 0.1) is 5.75 Å². The Bertz CT molecular complexity index is 328. The van der Waals surface area contributed by atoms with Crippen molar-refractivity contribution < 1.29 is 24.2 Å². The van der Waals surface area contributed by atoms with Crippen molar-refractivity contribution in [2.45, 2.75) is 26.4 Å². The largest absolute Gasteiger partial charge is 0.480 e. The second-order valence-electron chi connectivity index (χ2n) is 4.65. The van der Waals surface area contributed by atoms with E-state index in [2.05, 4.69) is 10.6 Å². The molecule has 0 heterocycles. The standard InChI is InChI=1S/C11H20N2O5S/c1-11(2,3)18-10(17)12-4-5-19-7-8(14)13-6-9(15)16/h4-7H2,1-3H3,(H,12,17)(H,13,14)(H,15,16). The van der Waals surface area contributed by atoms with Gasteiger partial charge in [-0.25, -0.2) is 4.79 Å². The van der Waals surface area contributed by atoms with Crippen LogP contribution in [0.3, 0.4) is 0 Å². The first kappa shape index (κ1) is 17.6. The predicted molar refractivity (Wildman–Crippen MR) is 72.2 cm³/mol. The summed E-state index contributed by atoms with van der Waals surface area (Å²) in [5.74, 6) is -0.724. The quantitative estimate of drug-likeness (QED) is 0.588. The molecule has 19 heavy (non-hydrogen) atoms. The molecule has 7 nitrogen and oxygen atoms in total. The Morgan fingerprint density at radius 3 is 2.37 bits per heavy atom. The first-order valence-electron chi connectivity index (χ1n) is 5.74. The Hall–Kier alpha value is -1.44. The van der Waals surface area contributed by atoms with E-state index < -0.39 is 17.7 Å². The molecule has 0 spiro atoms. The summed E-state index contributed by atoms with van der Waals surface area (Å²) in [5.41, 5.74) is -0.534. The minimum atomic E-state index is -1.08. The molecule has 0 aromatic rings. The lowest BCUT2D eigenvalue weighted by Crippen LogP contribution is -2.34. The van der Waals surface area contributed by atoms with Crippen LogP contribution in [-0.2, 0) is 14.3 Å². The van der Waals surface area contributed by atoms with Crippen LogP contribution in [0, 0.1) is 0 Å². The van der Waals surface area contributed by atoms with Crippen LogP contribution in [0.15, 0.2) is 0 Å². The van der Waals surface area contributed by atoms with Crippen LogP contribution in [0.5, 0.6) is 0 Å². The number of alkyl carbamates (subject to hydrolysis) is 1. The van der Waals surface area contributed by atoms with Gasteiger partial charge in [-0.15, -0.1) is 0 Å². The molecule has 0 aromatic heterocycles. The number of carbonyl (C=O) groups is 3. The third kappa shape index (κ3) is 12.8. The van der Waals surface area contributed by atoms with Gasteiger partial charge in [-0.1, -0.05) is 0 Å². The van der Waals surface area contributed by atoms with Crippen LogP contribution in [-0.4, -0.2) is 53.3 Å². The molecular formula is C11H20N2O5S. The first-order chi connectivity index (χ1) is 8.70. The molecule has 0 bridgehead atoms. The molecule has 0 aromatic carbocycles. The van der Waals surface area contributed by atoms with E-state index in [9.17, 15) is 14.4 Å². The van der Waals surface area contributed by atoms with Crippen molar-refractivity contribution in [1.29, 1.82) is 0 Å². The molecule has 110 valence electrons. The van der Waals surface area contributed by atoms with Gasteiger partial charge in [0.15, 0.2) is 0 Å². The summed E-state index contributed by atoms with van der Waals surface area (Å²) in [5, 5.41) is 13.1. The lowest BCUT2D eigenvalue weighted by atomic mass is 10.2. The van der Waals surface area contributed by atoms with Gasteiger partial charge < -0.3 is 20.5 Å². The molecule has 0 saturated carbocycles. The lowest BCUT2D eigenvalue weighted by Gasteiger charge is -2.19. The van der Waals surface area contributed by atoms with Gasteiger partial charge in [0.25, 0.3) is 0 Å². The molecule has 0 aliphatic heterocycles. The van der Waals surface area contributed by atoms with Crippen molar-refractivity contribution in [3.63, 3.8) is 0 Å². The summed E-state index contributed by atoms with van der Waals surface area (Å²) < 4.78 is 5.03. The Balaban J connectivity index is 3.52. The third-order valence-corrected chi connectivity index (χ3v) is 2.54. The molecule has 0 saturated heterocycles. The molecule has 0 rings (SSSR count). The van der Waals surface area contributed by atoms with Crippen molar-refractivity contribution >= 4 is 29.7 Å². The fourth-order valence-corrected chi connectivity index (χ4v) is 1.61. The molecule has 3 N–H and O–H groups in total. The van der Waals surface area contributed by atoms with Crippen molar-refractivity contribution in [1.82, 2.24) is 10.6 Å². The van der Waals surface area contributed by atoms with Crippen molar-refractivity contribution in [3.8, 4) is 0 Å². The normalized spacial score (nSPS) is 10.7. The van der Waals surface area contributed by atoms with Gasteiger partial charge in [0, 0.05) is 12.3 Å².